The number of hydrogen-bond acceptors (Lipinski definition) is 8. The van der Waals surface area contributed by atoms with E-state index in [0.717, 1.165) is 105 Å². The summed E-state index contributed by atoms with van der Waals surface area (Å²) in [7, 11) is 2.15. The van der Waals surface area contributed by atoms with Gasteiger partial charge in [-0.05, 0) is 111 Å². The van der Waals surface area contributed by atoms with Crippen LogP contribution in [0.2, 0.25) is 0 Å². The zero-order valence-electron chi connectivity index (χ0n) is 28.5. The molecule has 1 fully saturated rings. The van der Waals surface area contributed by atoms with Crippen LogP contribution in [0.4, 0.5) is 5.95 Å². The van der Waals surface area contributed by atoms with Crippen molar-refractivity contribution in [2.75, 3.05) is 44.7 Å². The molecule has 0 unspecified atom stereocenters. The molecule has 3 aromatic carbocycles. The number of aryl methyl sites for hydroxylation is 2. The number of Topliss-reactive ketones (excluding diaryl/α,β-unsaturated/α-hetero) is 1. The van der Waals surface area contributed by atoms with Crippen molar-refractivity contribution in [1.82, 2.24) is 19.9 Å². The van der Waals surface area contributed by atoms with E-state index in [0.29, 0.717) is 6.61 Å². The number of carbonyl (C=O) groups excluding carboxylic acids is 1. The normalized spacial score (nSPS) is 16.0. The summed E-state index contributed by atoms with van der Waals surface area (Å²) in [6.07, 6.45) is 5.86. The van der Waals surface area contributed by atoms with Crippen LogP contribution in [0, 0.1) is 13.8 Å². The van der Waals surface area contributed by atoms with Gasteiger partial charge in [0.2, 0.25) is 5.95 Å². The predicted octanol–water partition coefficient (Wildman–Crippen LogP) is 7.26. The Bertz CT molecular complexity index is 2000. The van der Waals surface area contributed by atoms with Gasteiger partial charge in [-0.15, -0.1) is 0 Å². The number of likely N-dealkylation sites (N-methyl/N-ethyl adjacent to an activating group) is 1. The number of aromatic nitrogens is 3. The van der Waals surface area contributed by atoms with E-state index in [4.69, 9.17) is 24.4 Å². The SMILES string of the molecule is CC(=O)[C@@H](OC(C)(C)C)c1c(C)cc2c(C)c(-c3cnc(N4CCN(C)CC4)nc3)ccc2c1-c1ccc2c3c(ccnc13)CCO2. The van der Waals surface area contributed by atoms with E-state index in [-0.39, 0.29) is 5.78 Å². The molecule has 47 heavy (non-hydrogen) atoms. The van der Waals surface area contributed by atoms with Gasteiger partial charge in [0.05, 0.1) is 17.7 Å². The van der Waals surface area contributed by atoms with Crippen LogP contribution < -0.4 is 9.64 Å². The van der Waals surface area contributed by atoms with Gasteiger partial charge in [-0.25, -0.2) is 9.97 Å². The van der Waals surface area contributed by atoms with E-state index in [9.17, 15) is 4.79 Å². The van der Waals surface area contributed by atoms with Crippen molar-refractivity contribution >= 4 is 33.4 Å². The van der Waals surface area contributed by atoms with Gasteiger partial charge in [0.15, 0.2) is 5.78 Å². The van der Waals surface area contributed by atoms with Crippen LogP contribution >= 0.6 is 0 Å². The second-order valence-electron chi connectivity index (χ2n) is 14.0. The first-order chi connectivity index (χ1) is 22.5. The van der Waals surface area contributed by atoms with Crippen molar-refractivity contribution in [2.45, 2.75) is 59.7 Å². The van der Waals surface area contributed by atoms with E-state index < -0.39 is 11.7 Å². The fraction of sp³-hybridized carbons (Fsp3) is 0.385. The molecule has 0 radical (unpaired) electrons. The first-order valence-corrected chi connectivity index (χ1v) is 16.5. The second-order valence-corrected chi connectivity index (χ2v) is 14.0. The average molecular weight is 630 g/mol. The van der Waals surface area contributed by atoms with Gasteiger partial charge < -0.3 is 19.3 Å². The lowest BCUT2D eigenvalue weighted by atomic mass is 9.83. The minimum atomic E-state index is -0.744. The van der Waals surface area contributed by atoms with Crippen molar-refractivity contribution in [3.05, 3.63) is 77.2 Å². The summed E-state index contributed by atoms with van der Waals surface area (Å²) in [5.41, 5.74) is 8.58. The Morgan fingerprint density at radius 1 is 0.936 bits per heavy atom. The van der Waals surface area contributed by atoms with Crippen molar-refractivity contribution in [3.63, 3.8) is 0 Å². The average Bonchev–Trinajstić information content (AvgIpc) is 3.04. The number of carbonyl (C=O) groups is 1. The lowest BCUT2D eigenvalue weighted by molar-refractivity contribution is -0.138. The molecule has 0 amide bonds. The van der Waals surface area contributed by atoms with Crippen molar-refractivity contribution in [3.8, 4) is 28.0 Å². The van der Waals surface area contributed by atoms with E-state index in [2.05, 4.69) is 61.0 Å². The monoisotopic (exact) mass is 629 g/mol. The first-order valence-electron chi connectivity index (χ1n) is 16.5. The van der Waals surface area contributed by atoms with Crippen molar-refractivity contribution in [1.29, 1.82) is 0 Å². The summed E-state index contributed by atoms with van der Waals surface area (Å²) in [6.45, 7) is 16.4. The summed E-state index contributed by atoms with van der Waals surface area (Å²) < 4.78 is 12.6. The van der Waals surface area contributed by atoms with Gasteiger partial charge in [0, 0.05) is 67.7 Å². The summed E-state index contributed by atoms with van der Waals surface area (Å²) in [4.78, 5) is 32.5. The first kappa shape index (κ1) is 31.2. The molecule has 0 bridgehead atoms. The number of hydrogen-bond donors (Lipinski definition) is 0. The molecule has 8 nitrogen and oxygen atoms in total. The van der Waals surface area contributed by atoms with Gasteiger partial charge in [-0.2, -0.15) is 0 Å². The summed E-state index contributed by atoms with van der Waals surface area (Å²) in [6, 6.07) is 12.8. The number of ketones is 1. The summed E-state index contributed by atoms with van der Waals surface area (Å²) in [5.74, 6) is 1.59. The van der Waals surface area contributed by atoms with E-state index in [1.165, 1.54) is 5.56 Å². The zero-order valence-corrected chi connectivity index (χ0v) is 28.5. The van der Waals surface area contributed by atoms with Crippen LogP contribution in [-0.2, 0) is 16.0 Å². The summed E-state index contributed by atoms with van der Waals surface area (Å²) >= 11 is 0. The molecule has 242 valence electrons. The molecule has 1 atom stereocenters. The molecule has 8 heteroatoms. The number of piperazine rings is 1. The fourth-order valence-electron chi connectivity index (χ4n) is 7.14. The highest BCUT2D eigenvalue weighted by atomic mass is 16.5. The maximum absolute atomic E-state index is 13.4. The molecule has 0 spiro atoms. The maximum atomic E-state index is 13.4. The fourth-order valence-corrected chi connectivity index (χ4v) is 7.14. The summed E-state index contributed by atoms with van der Waals surface area (Å²) in [5, 5.41) is 3.19. The lowest BCUT2D eigenvalue weighted by Crippen LogP contribution is -2.45. The highest BCUT2D eigenvalue weighted by molar-refractivity contribution is 6.10. The third-order valence-corrected chi connectivity index (χ3v) is 9.52. The molecular formula is C39H43N5O3. The molecule has 4 heterocycles. The minimum absolute atomic E-state index is 0.0337. The van der Waals surface area contributed by atoms with Crippen LogP contribution in [0.15, 0.2) is 55.0 Å². The smallest absolute Gasteiger partial charge is 0.225 e. The molecule has 7 rings (SSSR count). The highest BCUT2D eigenvalue weighted by Crippen LogP contribution is 2.46. The molecule has 0 N–H and O–H groups in total. The quantitative estimate of drug-likeness (QED) is 0.194. The number of ether oxygens (including phenoxy) is 2. The largest absolute Gasteiger partial charge is 0.493 e. The van der Waals surface area contributed by atoms with Crippen LogP contribution in [0.3, 0.4) is 0 Å². The standard InChI is InChI=1S/C39H43N5O3/c1-23-20-31-24(2)28(27-21-41-38(42-22-27)44-17-15-43(7)16-18-44)8-9-29(31)35(33(23)37(25(3)45)47-39(4,5)6)30-10-11-32-34-26(13-19-46-32)12-14-40-36(30)34/h8-12,14,20-22,37H,13,15-19H2,1-7H3/t37-/m1/s1. The molecule has 5 aromatic rings. The van der Waals surface area contributed by atoms with Crippen molar-refractivity contribution in [2.24, 2.45) is 0 Å². The van der Waals surface area contributed by atoms with Crippen LogP contribution in [0.25, 0.3) is 43.9 Å². The van der Waals surface area contributed by atoms with E-state index >= 15 is 0 Å². The molecular weight excluding hydrogens is 586 g/mol. The topological polar surface area (TPSA) is 80.7 Å². The Hall–Kier alpha value is -4.40. The second kappa shape index (κ2) is 12.0. The molecule has 0 aliphatic carbocycles. The molecule has 1 saturated heterocycles. The Morgan fingerprint density at radius 2 is 1.66 bits per heavy atom. The van der Waals surface area contributed by atoms with Crippen molar-refractivity contribution < 1.29 is 14.3 Å². The Morgan fingerprint density at radius 3 is 2.36 bits per heavy atom. The van der Waals surface area contributed by atoms with Crippen LogP contribution in [0.1, 0.15) is 56.1 Å². The van der Waals surface area contributed by atoms with Gasteiger partial charge in [0.25, 0.3) is 0 Å². The van der Waals surface area contributed by atoms with Gasteiger partial charge in [-0.3, -0.25) is 9.78 Å². The lowest BCUT2D eigenvalue weighted by Gasteiger charge is -2.32. The predicted molar refractivity (Wildman–Crippen MR) is 188 cm³/mol. The zero-order chi connectivity index (χ0) is 33.0. The number of anilines is 1. The Labute approximate surface area is 276 Å². The van der Waals surface area contributed by atoms with E-state index in [1.807, 2.05) is 45.4 Å². The van der Waals surface area contributed by atoms with Crippen LogP contribution in [-0.4, -0.2) is 71.1 Å². The molecule has 2 aromatic heterocycles. The number of rotatable bonds is 6. The highest BCUT2D eigenvalue weighted by Gasteiger charge is 2.31. The number of pyridine rings is 1. The minimum Gasteiger partial charge on any atom is -0.493 e. The Kier molecular flexibility index (Phi) is 7.97. The number of benzene rings is 3. The molecule has 0 saturated carbocycles. The van der Waals surface area contributed by atoms with Crippen LogP contribution in [0.5, 0.6) is 5.75 Å². The number of fused-ring (bicyclic) bond motifs is 1. The van der Waals surface area contributed by atoms with Gasteiger partial charge >= 0.3 is 0 Å². The van der Waals surface area contributed by atoms with Gasteiger partial charge in [0.1, 0.15) is 11.9 Å². The third kappa shape index (κ3) is 5.74. The van der Waals surface area contributed by atoms with Gasteiger partial charge in [-0.1, -0.05) is 18.2 Å². The molecule has 2 aliphatic rings. The Balaban J connectivity index is 1.44. The number of nitrogens with zero attached hydrogens (tertiary/aromatic N) is 5. The van der Waals surface area contributed by atoms with E-state index in [1.54, 1.807) is 6.92 Å². The molecule has 2 aliphatic heterocycles. The maximum Gasteiger partial charge on any atom is 0.225 e. The third-order valence-electron chi connectivity index (χ3n) is 9.52.